The van der Waals surface area contributed by atoms with Crippen molar-refractivity contribution in [2.24, 2.45) is 5.41 Å². The van der Waals surface area contributed by atoms with Gasteiger partial charge in [-0.3, -0.25) is 14.4 Å². The highest BCUT2D eigenvalue weighted by Crippen LogP contribution is 2.38. The molecule has 2 aliphatic rings. The lowest BCUT2D eigenvalue weighted by atomic mass is 9.71. The monoisotopic (exact) mass is 282 g/mol. The van der Waals surface area contributed by atoms with Crippen molar-refractivity contribution in [3.8, 4) is 0 Å². The summed E-state index contributed by atoms with van der Waals surface area (Å²) in [5, 5.41) is 14.5. The van der Waals surface area contributed by atoms with Crippen LogP contribution in [0.15, 0.2) is 0 Å². The van der Waals surface area contributed by atoms with E-state index in [2.05, 4.69) is 10.6 Å². The largest absolute Gasteiger partial charge is 0.481 e. The van der Waals surface area contributed by atoms with Crippen LogP contribution in [0.4, 0.5) is 0 Å². The van der Waals surface area contributed by atoms with Crippen molar-refractivity contribution in [2.45, 2.75) is 57.4 Å². The van der Waals surface area contributed by atoms with Gasteiger partial charge in [-0.15, -0.1) is 0 Å². The number of carbonyl (C=O) groups is 3. The minimum absolute atomic E-state index is 0.0944. The molecule has 0 radical (unpaired) electrons. The maximum absolute atomic E-state index is 12.0. The van der Waals surface area contributed by atoms with Crippen LogP contribution in [-0.2, 0) is 14.4 Å². The van der Waals surface area contributed by atoms with E-state index in [1.165, 1.54) is 0 Å². The third-order valence-corrected chi connectivity index (χ3v) is 4.39. The van der Waals surface area contributed by atoms with Crippen molar-refractivity contribution in [3.63, 3.8) is 0 Å². The molecule has 0 aromatic carbocycles. The summed E-state index contributed by atoms with van der Waals surface area (Å²) in [7, 11) is 0. The molecule has 6 heteroatoms. The van der Waals surface area contributed by atoms with E-state index in [-0.39, 0.29) is 23.7 Å². The topological polar surface area (TPSA) is 95.5 Å². The number of carboxylic acids is 1. The molecule has 20 heavy (non-hydrogen) atoms. The summed E-state index contributed by atoms with van der Waals surface area (Å²) in [6.07, 6.45) is 5.87. The molecule has 0 aromatic rings. The van der Waals surface area contributed by atoms with Crippen molar-refractivity contribution in [1.29, 1.82) is 0 Å². The van der Waals surface area contributed by atoms with Gasteiger partial charge in [0.2, 0.25) is 11.8 Å². The zero-order valence-electron chi connectivity index (χ0n) is 11.6. The maximum Gasteiger partial charge on any atom is 0.303 e. The Morgan fingerprint density at radius 2 is 2.00 bits per heavy atom. The Labute approximate surface area is 118 Å². The molecule has 2 fully saturated rings. The summed E-state index contributed by atoms with van der Waals surface area (Å²) in [5.74, 6) is -1.09. The summed E-state index contributed by atoms with van der Waals surface area (Å²) >= 11 is 0. The predicted molar refractivity (Wildman–Crippen MR) is 71.9 cm³/mol. The van der Waals surface area contributed by atoms with Gasteiger partial charge in [-0.05, 0) is 24.7 Å². The Hall–Kier alpha value is -1.59. The van der Waals surface area contributed by atoms with Gasteiger partial charge >= 0.3 is 5.97 Å². The molecule has 0 bridgehead atoms. The first kappa shape index (κ1) is 14.8. The molecule has 1 heterocycles. The SMILES string of the molecule is O=C(O)CC1(CNC(=O)C2CCC(=O)N2)CCCCC1. The number of aliphatic carboxylic acids is 1. The van der Waals surface area contributed by atoms with Crippen LogP contribution in [0.2, 0.25) is 0 Å². The first-order valence-electron chi connectivity index (χ1n) is 7.30. The van der Waals surface area contributed by atoms with Crippen LogP contribution < -0.4 is 10.6 Å². The standard InChI is InChI=1S/C14H22N2O4/c17-11-5-4-10(16-11)13(20)15-9-14(8-12(18)19)6-2-1-3-7-14/h10H,1-9H2,(H,15,20)(H,16,17)(H,18,19). The van der Waals surface area contributed by atoms with Crippen LogP contribution in [0, 0.1) is 5.41 Å². The van der Waals surface area contributed by atoms with Crippen molar-refractivity contribution < 1.29 is 19.5 Å². The molecule has 1 aliphatic heterocycles. The van der Waals surface area contributed by atoms with Crippen molar-refractivity contribution in [3.05, 3.63) is 0 Å². The predicted octanol–water partition coefficient (Wildman–Crippen LogP) is 0.806. The second-order valence-electron chi connectivity index (χ2n) is 6.01. The number of rotatable bonds is 5. The van der Waals surface area contributed by atoms with Gasteiger partial charge in [-0.1, -0.05) is 19.3 Å². The number of carbonyl (C=O) groups excluding carboxylic acids is 2. The van der Waals surface area contributed by atoms with E-state index in [1.54, 1.807) is 0 Å². The van der Waals surface area contributed by atoms with E-state index >= 15 is 0 Å². The highest BCUT2D eigenvalue weighted by molar-refractivity contribution is 5.90. The van der Waals surface area contributed by atoms with Gasteiger partial charge in [-0.2, -0.15) is 0 Å². The van der Waals surface area contributed by atoms with Gasteiger partial charge in [0.25, 0.3) is 0 Å². The molecule has 2 rings (SSSR count). The summed E-state index contributed by atoms with van der Waals surface area (Å²) in [6, 6.07) is -0.451. The summed E-state index contributed by atoms with van der Waals surface area (Å²) in [6.45, 7) is 0.393. The molecule has 1 aliphatic carbocycles. The molecular weight excluding hydrogens is 260 g/mol. The first-order valence-corrected chi connectivity index (χ1v) is 7.30. The Balaban J connectivity index is 1.89. The van der Waals surface area contributed by atoms with E-state index in [0.717, 1.165) is 32.1 Å². The minimum Gasteiger partial charge on any atom is -0.481 e. The lowest BCUT2D eigenvalue weighted by Crippen LogP contribution is -2.47. The summed E-state index contributed by atoms with van der Waals surface area (Å²) < 4.78 is 0. The zero-order chi connectivity index (χ0) is 14.6. The van der Waals surface area contributed by atoms with E-state index in [4.69, 9.17) is 5.11 Å². The van der Waals surface area contributed by atoms with Gasteiger partial charge in [0.1, 0.15) is 6.04 Å². The molecular formula is C14H22N2O4. The normalized spacial score (nSPS) is 25.0. The number of amides is 2. The molecule has 1 saturated heterocycles. The Morgan fingerprint density at radius 3 is 2.55 bits per heavy atom. The van der Waals surface area contributed by atoms with Crippen LogP contribution in [0.3, 0.4) is 0 Å². The fourth-order valence-corrected chi connectivity index (χ4v) is 3.25. The van der Waals surface area contributed by atoms with Gasteiger partial charge in [0.15, 0.2) is 0 Å². The molecule has 0 aromatic heterocycles. The summed E-state index contributed by atoms with van der Waals surface area (Å²) in [5.41, 5.74) is -0.317. The van der Waals surface area contributed by atoms with Crippen LogP contribution in [-0.4, -0.2) is 35.5 Å². The third-order valence-electron chi connectivity index (χ3n) is 4.39. The van der Waals surface area contributed by atoms with Gasteiger partial charge in [0, 0.05) is 13.0 Å². The van der Waals surface area contributed by atoms with E-state index in [9.17, 15) is 14.4 Å². The molecule has 112 valence electrons. The molecule has 1 unspecified atom stereocenters. The Kier molecular flexibility index (Phi) is 4.62. The van der Waals surface area contributed by atoms with Gasteiger partial charge in [0.05, 0.1) is 6.42 Å². The second kappa shape index (κ2) is 6.24. The number of carboxylic acid groups (broad SMARTS) is 1. The van der Waals surface area contributed by atoms with Gasteiger partial charge in [-0.25, -0.2) is 0 Å². The first-order chi connectivity index (χ1) is 9.51. The third kappa shape index (κ3) is 3.71. The highest BCUT2D eigenvalue weighted by Gasteiger charge is 2.36. The maximum atomic E-state index is 12.0. The molecule has 1 atom stereocenters. The molecule has 0 spiro atoms. The Bertz CT molecular complexity index is 402. The molecule has 3 N–H and O–H groups in total. The lowest BCUT2D eigenvalue weighted by molar-refractivity contribution is -0.140. The van der Waals surface area contributed by atoms with E-state index < -0.39 is 12.0 Å². The fraction of sp³-hybridized carbons (Fsp3) is 0.786. The molecule has 2 amide bonds. The second-order valence-corrected chi connectivity index (χ2v) is 6.01. The highest BCUT2D eigenvalue weighted by atomic mass is 16.4. The Morgan fingerprint density at radius 1 is 1.30 bits per heavy atom. The quantitative estimate of drug-likeness (QED) is 0.695. The fourth-order valence-electron chi connectivity index (χ4n) is 3.25. The summed E-state index contributed by atoms with van der Waals surface area (Å²) in [4.78, 5) is 34.1. The zero-order valence-corrected chi connectivity index (χ0v) is 11.6. The smallest absolute Gasteiger partial charge is 0.303 e. The number of hydrogen-bond acceptors (Lipinski definition) is 3. The van der Waals surface area contributed by atoms with Crippen molar-refractivity contribution in [2.75, 3.05) is 6.54 Å². The molecule has 1 saturated carbocycles. The number of hydrogen-bond donors (Lipinski definition) is 3. The van der Waals surface area contributed by atoms with Gasteiger partial charge < -0.3 is 15.7 Å². The van der Waals surface area contributed by atoms with Crippen molar-refractivity contribution >= 4 is 17.8 Å². The van der Waals surface area contributed by atoms with Crippen LogP contribution >= 0.6 is 0 Å². The van der Waals surface area contributed by atoms with E-state index in [0.29, 0.717) is 19.4 Å². The van der Waals surface area contributed by atoms with Crippen LogP contribution in [0.1, 0.15) is 51.4 Å². The lowest BCUT2D eigenvalue weighted by Gasteiger charge is -2.36. The minimum atomic E-state index is -0.810. The average molecular weight is 282 g/mol. The van der Waals surface area contributed by atoms with Crippen molar-refractivity contribution in [1.82, 2.24) is 10.6 Å². The number of nitrogens with one attached hydrogen (secondary N) is 2. The van der Waals surface area contributed by atoms with Crippen LogP contribution in [0.25, 0.3) is 0 Å². The van der Waals surface area contributed by atoms with E-state index in [1.807, 2.05) is 0 Å². The average Bonchev–Trinajstić information content (AvgIpc) is 2.83. The molecule has 6 nitrogen and oxygen atoms in total. The van der Waals surface area contributed by atoms with Crippen LogP contribution in [0.5, 0.6) is 0 Å².